The van der Waals surface area contributed by atoms with Gasteiger partial charge in [0.05, 0.1) is 12.1 Å². The first-order valence-electron chi connectivity index (χ1n) is 11.7. The number of benzene rings is 1. The summed E-state index contributed by atoms with van der Waals surface area (Å²) in [4.78, 5) is 18.0. The molecule has 2 aromatic rings. The number of ether oxygens (including phenoxy) is 1. The van der Waals surface area contributed by atoms with Gasteiger partial charge < -0.3 is 9.64 Å². The van der Waals surface area contributed by atoms with E-state index in [2.05, 4.69) is 57.8 Å². The van der Waals surface area contributed by atoms with Crippen LogP contribution in [0.25, 0.3) is 0 Å². The Morgan fingerprint density at radius 3 is 2.65 bits per heavy atom. The Bertz CT molecular complexity index is 930. The minimum absolute atomic E-state index is 0.0364. The average molecular weight is 424 g/mol. The normalized spacial score (nSPS) is 23.7. The summed E-state index contributed by atoms with van der Waals surface area (Å²) >= 11 is 0. The molecule has 1 spiro atoms. The zero-order chi connectivity index (χ0) is 21.4. The summed E-state index contributed by atoms with van der Waals surface area (Å²) in [5.74, 6) is 1.35. The van der Waals surface area contributed by atoms with Crippen molar-refractivity contribution in [2.75, 3.05) is 26.2 Å². The summed E-state index contributed by atoms with van der Waals surface area (Å²) < 4.78 is 8.11. The Balaban J connectivity index is 1.35. The van der Waals surface area contributed by atoms with Crippen LogP contribution < -0.4 is 0 Å². The second-order valence-electron chi connectivity index (χ2n) is 9.60. The molecule has 0 bridgehead atoms. The fourth-order valence-electron chi connectivity index (χ4n) is 5.42. The third kappa shape index (κ3) is 3.89. The molecule has 0 radical (unpaired) electrons. The van der Waals surface area contributed by atoms with E-state index < -0.39 is 0 Å². The number of aromatic nitrogens is 3. The lowest BCUT2D eigenvalue weighted by atomic mass is 9.86. The van der Waals surface area contributed by atoms with E-state index in [9.17, 15) is 4.79 Å². The van der Waals surface area contributed by atoms with Gasteiger partial charge in [-0.25, -0.2) is 0 Å². The topological polar surface area (TPSA) is 63.5 Å². The molecule has 2 fully saturated rings. The summed E-state index contributed by atoms with van der Waals surface area (Å²) in [5, 5.41) is 8.75. The first-order chi connectivity index (χ1) is 15.1. The molecule has 166 valence electrons. The molecule has 1 atom stereocenters. The fourth-order valence-corrected chi connectivity index (χ4v) is 5.42. The zero-order valence-electron chi connectivity index (χ0n) is 18.7. The molecule has 0 saturated carbocycles. The van der Waals surface area contributed by atoms with Crippen LogP contribution in [0.3, 0.4) is 0 Å². The molecule has 0 aliphatic carbocycles. The van der Waals surface area contributed by atoms with Gasteiger partial charge in [-0.3, -0.25) is 14.3 Å². The highest BCUT2D eigenvalue weighted by atomic mass is 16.5. The summed E-state index contributed by atoms with van der Waals surface area (Å²) in [5.41, 5.74) is 2.42. The van der Waals surface area contributed by atoms with Crippen LogP contribution in [-0.4, -0.2) is 62.8 Å². The van der Waals surface area contributed by atoms with Gasteiger partial charge in [-0.1, -0.05) is 29.8 Å². The summed E-state index contributed by atoms with van der Waals surface area (Å²) in [7, 11) is 0. The minimum Gasteiger partial charge on any atom is -0.371 e. The number of piperidine rings is 2. The van der Waals surface area contributed by atoms with Gasteiger partial charge in [0.25, 0.3) is 5.91 Å². The second kappa shape index (κ2) is 8.36. The Morgan fingerprint density at radius 2 is 1.90 bits per heavy atom. The van der Waals surface area contributed by atoms with Crippen molar-refractivity contribution in [2.24, 2.45) is 0 Å². The first-order valence-corrected chi connectivity index (χ1v) is 11.7. The first kappa shape index (κ1) is 20.6. The lowest BCUT2D eigenvalue weighted by Gasteiger charge is -2.45. The van der Waals surface area contributed by atoms with E-state index in [1.807, 2.05) is 4.90 Å². The van der Waals surface area contributed by atoms with Crippen molar-refractivity contribution in [2.45, 2.75) is 70.7 Å². The molecule has 1 aromatic heterocycles. The number of carbonyl (C=O) groups excluding carboxylic acids is 1. The lowest BCUT2D eigenvalue weighted by Crippen LogP contribution is -2.53. The molecule has 1 amide bonds. The number of carbonyl (C=O) groups is 1. The highest BCUT2D eigenvalue weighted by Gasteiger charge is 2.44. The van der Waals surface area contributed by atoms with Crippen LogP contribution >= 0.6 is 0 Å². The molecule has 0 N–H and O–H groups in total. The summed E-state index contributed by atoms with van der Waals surface area (Å²) in [6.45, 7) is 9.06. The van der Waals surface area contributed by atoms with Crippen molar-refractivity contribution in [1.29, 1.82) is 0 Å². The number of hydrogen-bond donors (Lipinski definition) is 0. The van der Waals surface area contributed by atoms with E-state index in [0.717, 1.165) is 57.7 Å². The summed E-state index contributed by atoms with van der Waals surface area (Å²) in [6.07, 6.45) is 5.21. The second-order valence-corrected chi connectivity index (χ2v) is 9.60. The highest BCUT2D eigenvalue weighted by Crippen LogP contribution is 2.37. The van der Waals surface area contributed by atoms with E-state index in [1.54, 1.807) is 0 Å². The maximum atomic E-state index is 13.5. The number of nitrogens with zero attached hydrogens (tertiary/aromatic N) is 5. The van der Waals surface area contributed by atoms with Gasteiger partial charge >= 0.3 is 0 Å². The van der Waals surface area contributed by atoms with Gasteiger partial charge in [-0.2, -0.15) is 0 Å². The smallest absolute Gasteiger partial charge is 0.292 e. The number of hydrogen-bond acceptors (Lipinski definition) is 5. The Labute approximate surface area is 184 Å². The molecule has 2 saturated heterocycles. The average Bonchev–Trinajstić information content (AvgIpc) is 3.23. The van der Waals surface area contributed by atoms with Crippen LogP contribution in [0.4, 0.5) is 0 Å². The van der Waals surface area contributed by atoms with Crippen molar-refractivity contribution in [3.05, 3.63) is 47.0 Å². The SMILES string of the molecule is Cc1ccc(CN2CCC3(CC2)COCc2nnc(C(=O)N4CCCC[C@H]4C)n23)cc1. The van der Waals surface area contributed by atoms with Gasteiger partial charge in [-0.15, -0.1) is 10.2 Å². The number of amides is 1. The van der Waals surface area contributed by atoms with Crippen molar-refractivity contribution in [3.8, 4) is 0 Å². The van der Waals surface area contributed by atoms with Crippen LogP contribution in [-0.2, 0) is 23.4 Å². The maximum absolute atomic E-state index is 13.5. The lowest BCUT2D eigenvalue weighted by molar-refractivity contribution is -0.0341. The largest absolute Gasteiger partial charge is 0.371 e. The van der Waals surface area contributed by atoms with Crippen molar-refractivity contribution in [3.63, 3.8) is 0 Å². The van der Waals surface area contributed by atoms with Crippen LogP contribution in [0.2, 0.25) is 0 Å². The third-order valence-electron chi connectivity index (χ3n) is 7.37. The highest BCUT2D eigenvalue weighted by molar-refractivity contribution is 5.91. The van der Waals surface area contributed by atoms with E-state index in [4.69, 9.17) is 4.74 Å². The maximum Gasteiger partial charge on any atom is 0.292 e. The van der Waals surface area contributed by atoms with Gasteiger partial charge in [0.1, 0.15) is 6.61 Å². The monoisotopic (exact) mass is 423 g/mol. The number of fused-ring (bicyclic) bond motifs is 2. The Kier molecular flexibility index (Phi) is 5.56. The number of rotatable bonds is 3. The van der Waals surface area contributed by atoms with Gasteiger partial charge in [0.2, 0.25) is 5.82 Å². The quantitative estimate of drug-likeness (QED) is 0.759. The fraction of sp³-hybridized carbons (Fsp3) is 0.625. The molecule has 3 aliphatic heterocycles. The third-order valence-corrected chi connectivity index (χ3v) is 7.37. The van der Waals surface area contributed by atoms with E-state index in [1.165, 1.54) is 17.5 Å². The van der Waals surface area contributed by atoms with Crippen molar-refractivity contribution >= 4 is 5.91 Å². The molecule has 4 heterocycles. The minimum atomic E-state index is -0.217. The van der Waals surface area contributed by atoms with Gasteiger partial charge in [0, 0.05) is 32.2 Å². The molecule has 31 heavy (non-hydrogen) atoms. The number of aryl methyl sites for hydroxylation is 1. The zero-order valence-corrected chi connectivity index (χ0v) is 18.7. The van der Waals surface area contributed by atoms with Crippen LogP contribution in [0.1, 0.15) is 66.6 Å². The van der Waals surface area contributed by atoms with Gasteiger partial charge in [0.15, 0.2) is 5.82 Å². The summed E-state index contributed by atoms with van der Waals surface area (Å²) in [6, 6.07) is 9.06. The molecule has 7 nitrogen and oxygen atoms in total. The Morgan fingerprint density at radius 1 is 1.13 bits per heavy atom. The van der Waals surface area contributed by atoms with Crippen LogP contribution in [0.15, 0.2) is 24.3 Å². The number of likely N-dealkylation sites (tertiary alicyclic amines) is 2. The van der Waals surface area contributed by atoms with E-state index >= 15 is 0 Å². The van der Waals surface area contributed by atoms with Crippen molar-refractivity contribution in [1.82, 2.24) is 24.6 Å². The Hall–Kier alpha value is -2.25. The molecule has 0 unspecified atom stereocenters. The molecule has 7 heteroatoms. The molecular weight excluding hydrogens is 390 g/mol. The molecule has 5 rings (SSSR count). The molecular formula is C24H33N5O2. The van der Waals surface area contributed by atoms with E-state index in [0.29, 0.717) is 19.0 Å². The van der Waals surface area contributed by atoms with Crippen LogP contribution in [0, 0.1) is 6.92 Å². The van der Waals surface area contributed by atoms with E-state index in [-0.39, 0.29) is 17.5 Å². The van der Waals surface area contributed by atoms with Crippen LogP contribution in [0.5, 0.6) is 0 Å². The molecule has 1 aromatic carbocycles. The standard InChI is InChI=1S/C24H33N5O2/c1-18-6-8-20(9-7-18)15-27-13-10-24(11-14-27)17-31-16-21-25-26-22(29(21)24)23(30)28-12-4-3-5-19(28)2/h6-9,19H,3-5,10-17H2,1-2H3/t19-/m1/s1. The predicted molar refractivity (Wildman–Crippen MR) is 118 cm³/mol. The predicted octanol–water partition coefficient (Wildman–Crippen LogP) is 3.12. The van der Waals surface area contributed by atoms with Gasteiger partial charge in [-0.05, 0) is 51.5 Å². The van der Waals surface area contributed by atoms with Crippen molar-refractivity contribution < 1.29 is 9.53 Å². The molecule has 3 aliphatic rings.